The van der Waals surface area contributed by atoms with Crippen molar-refractivity contribution in [2.45, 2.75) is 27.2 Å². The van der Waals surface area contributed by atoms with Gasteiger partial charge in [-0.3, -0.25) is 19.9 Å². The molecule has 0 fully saturated rings. The van der Waals surface area contributed by atoms with E-state index in [4.69, 9.17) is 0 Å². The van der Waals surface area contributed by atoms with Crippen molar-refractivity contribution in [2.24, 2.45) is 5.41 Å². The number of rotatable bonds is 5. The summed E-state index contributed by atoms with van der Waals surface area (Å²) in [4.78, 5) is 24.7. The molecule has 2 aromatic carbocycles. The van der Waals surface area contributed by atoms with Crippen molar-refractivity contribution in [1.29, 1.82) is 0 Å². The number of benzene rings is 2. The molecule has 0 aliphatic rings. The van der Waals surface area contributed by atoms with Crippen LogP contribution < -0.4 is 5.32 Å². The van der Waals surface area contributed by atoms with Gasteiger partial charge in [-0.05, 0) is 53.4 Å². The minimum Gasteiger partial charge on any atom is -0.353 e. The normalized spacial score (nSPS) is 11.8. The van der Waals surface area contributed by atoms with E-state index < -0.39 is 0 Å². The predicted molar refractivity (Wildman–Crippen MR) is 153 cm³/mol. The number of carbonyl (C=O) groups excluding carboxylic acids is 1. The third-order valence-electron chi connectivity index (χ3n) is 6.54. The number of halogens is 1. The van der Waals surface area contributed by atoms with Crippen LogP contribution in [0.5, 0.6) is 0 Å². The van der Waals surface area contributed by atoms with Crippen LogP contribution in [0, 0.1) is 11.2 Å². The molecule has 39 heavy (non-hydrogen) atoms. The second kappa shape index (κ2) is 9.47. The maximum Gasteiger partial charge on any atom is 0.224 e. The van der Waals surface area contributed by atoms with E-state index in [1.807, 2.05) is 57.2 Å². The quantitative estimate of drug-likeness (QED) is 0.222. The number of anilines is 1. The van der Waals surface area contributed by atoms with Gasteiger partial charge in [-0.2, -0.15) is 5.10 Å². The van der Waals surface area contributed by atoms with Crippen LogP contribution in [0.2, 0.25) is 0 Å². The van der Waals surface area contributed by atoms with Crippen molar-refractivity contribution >= 4 is 33.4 Å². The lowest BCUT2D eigenvalue weighted by atomic mass is 9.92. The van der Waals surface area contributed by atoms with E-state index in [1.165, 1.54) is 6.07 Å². The number of aromatic nitrogens is 5. The molecule has 0 saturated heterocycles. The number of hydrogen-bond acceptors (Lipinski definition) is 4. The summed E-state index contributed by atoms with van der Waals surface area (Å²) in [6, 6.07) is 18.4. The molecule has 0 unspecified atom stereocenters. The Hall–Kier alpha value is -4.85. The zero-order valence-corrected chi connectivity index (χ0v) is 21.8. The lowest BCUT2D eigenvalue weighted by Crippen LogP contribution is -2.19. The molecule has 1 amide bonds. The molecule has 7 nitrogen and oxygen atoms in total. The van der Waals surface area contributed by atoms with Crippen LogP contribution in [-0.2, 0) is 4.79 Å². The van der Waals surface area contributed by atoms with Gasteiger partial charge in [-0.1, -0.05) is 39.0 Å². The minimum atomic E-state index is -0.319. The summed E-state index contributed by atoms with van der Waals surface area (Å²) in [5.74, 6) is -0.363. The van der Waals surface area contributed by atoms with Gasteiger partial charge in [0.05, 0.1) is 28.8 Å². The first kappa shape index (κ1) is 24.5. The molecule has 0 radical (unpaired) electrons. The molecule has 8 heteroatoms. The van der Waals surface area contributed by atoms with Gasteiger partial charge in [-0.25, -0.2) is 4.39 Å². The zero-order valence-electron chi connectivity index (χ0n) is 21.8. The van der Waals surface area contributed by atoms with Gasteiger partial charge in [0.15, 0.2) is 0 Å². The van der Waals surface area contributed by atoms with Gasteiger partial charge < -0.3 is 10.3 Å². The minimum absolute atomic E-state index is 0.0444. The fraction of sp³-hybridized carbons (Fsp3) is 0.161. The molecule has 0 aliphatic heterocycles. The zero-order chi connectivity index (χ0) is 27.1. The molecule has 0 atom stereocenters. The van der Waals surface area contributed by atoms with Crippen molar-refractivity contribution in [2.75, 3.05) is 5.32 Å². The predicted octanol–water partition coefficient (Wildman–Crippen LogP) is 7.35. The highest BCUT2D eigenvalue weighted by atomic mass is 19.1. The van der Waals surface area contributed by atoms with Gasteiger partial charge in [0, 0.05) is 46.2 Å². The number of hydrogen-bond donors (Lipinski definition) is 3. The molecule has 3 N–H and O–H groups in total. The van der Waals surface area contributed by atoms with Crippen LogP contribution in [0.3, 0.4) is 0 Å². The SMILES string of the molecule is CC(C)(C)CC(=O)Nc1cncc(-c2ccc3[nH]nc(-c4cc5c(-c6ccccc6F)nccc5[nH]4)c3c2)c1. The summed E-state index contributed by atoms with van der Waals surface area (Å²) < 4.78 is 14.6. The Morgan fingerprint density at radius 1 is 0.923 bits per heavy atom. The Morgan fingerprint density at radius 3 is 2.56 bits per heavy atom. The second-order valence-corrected chi connectivity index (χ2v) is 10.9. The second-order valence-electron chi connectivity index (χ2n) is 10.9. The van der Waals surface area contributed by atoms with Crippen LogP contribution in [-0.4, -0.2) is 31.1 Å². The number of nitrogens with one attached hydrogen (secondary N) is 3. The first-order valence-electron chi connectivity index (χ1n) is 12.7. The van der Waals surface area contributed by atoms with E-state index in [9.17, 15) is 9.18 Å². The number of aromatic amines is 2. The summed E-state index contributed by atoms with van der Waals surface area (Å²) in [5, 5.41) is 12.4. The third-order valence-corrected chi connectivity index (χ3v) is 6.54. The van der Waals surface area contributed by atoms with Crippen LogP contribution in [0.25, 0.3) is 55.6 Å². The molecule has 0 spiro atoms. The van der Waals surface area contributed by atoms with Gasteiger partial charge in [0.2, 0.25) is 5.91 Å². The number of amides is 1. The Labute approximate surface area is 224 Å². The summed E-state index contributed by atoms with van der Waals surface area (Å²) in [7, 11) is 0. The smallest absolute Gasteiger partial charge is 0.224 e. The number of pyridine rings is 2. The van der Waals surface area contributed by atoms with Crippen molar-refractivity contribution in [1.82, 2.24) is 25.1 Å². The van der Waals surface area contributed by atoms with Gasteiger partial charge in [-0.15, -0.1) is 0 Å². The first-order valence-corrected chi connectivity index (χ1v) is 12.7. The van der Waals surface area contributed by atoms with Crippen LogP contribution in [0.1, 0.15) is 27.2 Å². The Balaban J connectivity index is 1.37. The molecular formula is C31H27FN6O. The Bertz CT molecular complexity index is 1850. The molecular weight excluding hydrogens is 491 g/mol. The maximum atomic E-state index is 14.6. The van der Waals surface area contributed by atoms with Gasteiger partial charge >= 0.3 is 0 Å². The highest BCUT2D eigenvalue weighted by Crippen LogP contribution is 2.35. The average molecular weight is 519 g/mol. The molecule has 0 aliphatic carbocycles. The number of H-pyrrole nitrogens is 2. The summed E-state index contributed by atoms with van der Waals surface area (Å²) >= 11 is 0. The summed E-state index contributed by atoms with van der Waals surface area (Å²) in [5.41, 5.74) is 6.64. The summed E-state index contributed by atoms with van der Waals surface area (Å²) in [6.45, 7) is 6.09. The van der Waals surface area contributed by atoms with E-state index in [1.54, 1.807) is 36.8 Å². The molecule has 6 rings (SSSR count). The monoisotopic (exact) mass is 518 g/mol. The number of carbonyl (C=O) groups is 1. The summed E-state index contributed by atoms with van der Waals surface area (Å²) in [6.07, 6.45) is 5.51. The highest BCUT2D eigenvalue weighted by Gasteiger charge is 2.18. The van der Waals surface area contributed by atoms with Crippen molar-refractivity contribution in [3.05, 3.63) is 85.1 Å². The van der Waals surface area contributed by atoms with E-state index in [0.717, 1.165) is 44.3 Å². The van der Waals surface area contributed by atoms with Gasteiger partial charge in [0.1, 0.15) is 11.5 Å². The Morgan fingerprint density at radius 2 is 1.74 bits per heavy atom. The van der Waals surface area contributed by atoms with Crippen molar-refractivity contribution in [3.63, 3.8) is 0 Å². The fourth-order valence-corrected chi connectivity index (χ4v) is 4.80. The maximum absolute atomic E-state index is 14.6. The largest absolute Gasteiger partial charge is 0.353 e. The molecule has 0 bridgehead atoms. The van der Waals surface area contributed by atoms with Gasteiger partial charge in [0.25, 0.3) is 0 Å². The molecule has 4 heterocycles. The van der Waals surface area contributed by atoms with Crippen LogP contribution in [0.4, 0.5) is 10.1 Å². The average Bonchev–Trinajstić information content (AvgIpc) is 3.51. The third kappa shape index (κ3) is 4.88. The number of nitrogens with zero attached hydrogens (tertiary/aromatic N) is 3. The highest BCUT2D eigenvalue weighted by molar-refractivity contribution is 6.01. The topological polar surface area (TPSA) is 99.3 Å². The lowest BCUT2D eigenvalue weighted by molar-refractivity contribution is -0.117. The fourth-order valence-electron chi connectivity index (χ4n) is 4.80. The van der Waals surface area contributed by atoms with E-state index in [-0.39, 0.29) is 17.1 Å². The standard InChI is InChI=1S/C31H27FN6O/c1-31(2,3)15-28(39)35-20-12-19(16-33-17-20)18-8-9-26-22(13-18)30(38-37-26)27-14-23-25(36-27)10-11-34-29(23)21-6-4-5-7-24(21)32/h4-14,16-17,36H,15H2,1-3H3,(H,35,39)(H,37,38). The molecule has 6 aromatic rings. The van der Waals surface area contributed by atoms with Crippen LogP contribution >= 0.6 is 0 Å². The number of fused-ring (bicyclic) bond motifs is 2. The lowest BCUT2D eigenvalue weighted by Gasteiger charge is -2.17. The first-order chi connectivity index (χ1) is 18.7. The Kier molecular flexibility index (Phi) is 5.95. The van der Waals surface area contributed by atoms with E-state index in [0.29, 0.717) is 23.4 Å². The van der Waals surface area contributed by atoms with E-state index in [2.05, 4.69) is 30.5 Å². The molecule has 194 valence electrons. The molecule has 4 aromatic heterocycles. The van der Waals surface area contributed by atoms with Crippen LogP contribution in [0.15, 0.2) is 79.3 Å². The van der Waals surface area contributed by atoms with Crippen molar-refractivity contribution < 1.29 is 9.18 Å². The molecule has 0 saturated carbocycles. The van der Waals surface area contributed by atoms with Crippen molar-refractivity contribution in [3.8, 4) is 33.8 Å². The van der Waals surface area contributed by atoms with E-state index >= 15 is 0 Å².